The Balaban J connectivity index is 2.47. The Morgan fingerprint density at radius 3 is 2.32 bits per heavy atom. The fourth-order valence-corrected chi connectivity index (χ4v) is 3.52. The van der Waals surface area contributed by atoms with Gasteiger partial charge in [0.05, 0.1) is 0 Å². The minimum atomic E-state index is 0.658. The van der Waals surface area contributed by atoms with E-state index in [1.807, 2.05) is 0 Å². The van der Waals surface area contributed by atoms with Crippen LogP contribution in [0.25, 0.3) is 0 Å². The smallest absolute Gasteiger partial charge is 0.0199 e. The zero-order valence-corrected chi connectivity index (χ0v) is 14.1. The number of rotatable bonds is 7. The van der Waals surface area contributed by atoms with E-state index in [9.17, 15) is 0 Å². The van der Waals surface area contributed by atoms with Crippen LogP contribution in [0.4, 0.5) is 0 Å². The summed E-state index contributed by atoms with van der Waals surface area (Å²) in [6, 6.07) is 1.41. The van der Waals surface area contributed by atoms with Crippen LogP contribution < -0.4 is 5.32 Å². The first-order valence-electron chi connectivity index (χ1n) is 8.29. The zero-order valence-electron chi connectivity index (χ0n) is 14.1. The molecule has 1 saturated carbocycles. The lowest BCUT2D eigenvalue weighted by Crippen LogP contribution is -2.46. The average Bonchev–Trinajstić information content (AvgIpc) is 2.27. The van der Waals surface area contributed by atoms with E-state index in [1.54, 1.807) is 0 Å². The van der Waals surface area contributed by atoms with Gasteiger partial charge in [-0.3, -0.25) is 0 Å². The first-order chi connectivity index (χ1) is 8.88. The monoisotopic (exact) mass is 268 g/mol. The van der Waals surface area contributed by atoms with E-state index in [0.717, 1.165) is 23.8 Å². The normalized spacial score (nSPS) is 26.4. The molecular formula is C17H36N2. The lowest BCUT2D eigenvalue weighted by molar-refractivity contribution is 0.201. The molecule has 2 nitrogen and oxygen atoms in total. The van der Waals surface area contributed by atoms with Gasteiger partial charge in [0, 0.05) is 18.6 Å². The second-order valence-corrected chi connectivity index (χ2v) is 7.62. The minimum Gasteiger partial charge on any atom is -0.310 e. The van der Waals surface area contributed by atoms with Crippen LogP contribution in [0, 0.1) is 17.8 Å². The molecule has 114 valence electrons. The summed E-state index contributed by atoms with van der Waals surface area (Å²) in [6.45, 7) is 10.6. The maximum absolute atomic E-state index is 3.96. The summed E-state index contributed by atoms with van der Waals surface area (Å²) in [6.07, 6.45) is 6.92. The Hall–Kier alpha value is -0.0800. The van der Waals surface area contributed by atoms with Gasteiger partial charge in [-0.1, -0.05) is 40.5 Å². The SMILES string of the molecule is CC(C)CC(CN(C)C)NC1CCCC(C(C)C)C1. The molecule has 0 spiro atoms. The maximum Gasteiger partial charge on any atom is 0.0199 e. The van der Waals surface area contributed by atoms with Crippen molar-refractivity contribution in [1.29, 1.82) is 0 Å². The molecule has 0 amide bonds. The Labute approximate surface area is 121 Å². The van der Waals surface area contributed by atoms with Gasteiger partial charge < -0.3 is 10.2 Å². The van der Waals surface area contributed by atoms with Gasteiger partial charge in [-0.25, -0.2) is 0 Å². The van der Waals surface area contributed by atoms with Gasteiger partial charge >= 0.3 is 0 Å². The van der Waals surface area contributed by atoms with Crippen LogP contribution in [0.3, 0.4) is 0 Å². The molecule has 0 radical (unpaired) electrons. The van der Waals surface area contributed by atoms with Gasteiger partial charge in [0.1, 0.15) is 0 Å². The standard InChI is InChI=1S/C17H36N2/c1-13(2)10-17(12-19(5)6)18-16-9-7-8-15(11-16)14(3)4/h13-18H,7-12H2,1-6H3. The second kappa shape index (κ2) is 8.26. The number of nitrogens with zero attached hydrogens (tertiary/aromatic N) is 1. The number of nitrogens with one attached hydrogen (secondary N) is 1. The molecular weight excluding hydrogens is 232 g/mol. The van der Waals surface area contributed by atoms with E-state index in [-0.39, 0.29) is 0 Å². The molecule has 3 unspecified atom stereocenters. The average molecular weight is 268 g/mol. The quantitative estimate of drug-likeness (QED) is 0.756. The summed E-state index contributed by atoms with van der Waals surface area (Å²) in [5, 5.41) is 3.96. The van der Waals surface area contributed by atoms with Gasteiger partial charge in [0.2, 0.25) is 0 Å². The topological polar surface area (TPSA) is 15.3 Å². The van der Waals surface area contributed by atoms with Gasteiger partial charge in [0.15, 0.2) is 0 Å². The van der Waals surface area contributed by atoms with E-state index in [0.29, 0.717) is 6.04 Å². The third-order valence-electron chi connectivity index (χ3n) is 4.47. The molecule has 2 heteroatoms. The van der Waals surface area contributed by atoms with Crippen molar-refractivity contribution in [1.82, 2.24) is 10.2 Å². The highest BCUT2D eigenvalue weighted by atomic mass is 15.1. The Morgan fingerprint density at radius 1 is 1.11 bits per heavy atom. The minimum absolute atomic E-state index is 0.658. The highest BCUT2D eigenvalue weighted by Gasteiger charge is 2.26. The summed E-state index contributed by atoms with van der Waals surface area (Å²) < 4.78 is 0. The van der Waals surface area contributed by atoms with Crippen molar-refractivity contribution < 1.29 is 0 Å². The highest BCUT2D eigenvalue weighted by molar-refractivity contribution is 4.83. The van der Waals surface area contributed by atoms with Crippen LogP contribution in [-0.2, 0) is 0 Å². The predicted molar refractivity (Wildman–Crippen MR) is 85.5 cm³/mol. The molecule has 19 heavy (non-hydrogen) atoms. The zero-order chi connectivity index (χ0) is 14.4. The van der Waals surface area contributed by atoms with Crippen molar-refractivity contribution in [3.8, 4) is 0 Å². The molecule has 0 heterocycles. The molecule has 0 aromatic heterocycles. The third kappa shape index (κ3) is 6.76. The van der Waals surface area contributed by atoms with Gasteiger partial charge in [-0.2, -0.15) is 0 Å². The second-order valence-electron chi connectivity index (χ2n) is 7.62. The van der Waals surface area contributed by atoms with Crippen molar-refractivity contribution in [2.24, 2.45) is 17.8 Å². The van der Waals surface area contributed by atoms with Crippen LogP contribution in [0.5, 0.6) is 0 Å². The van der Waals surface area contributed by atoms with Gasteiger partial charge in [-0.05, 0) is 51.1 Å². The fraction of sp³-hybridized carbons (Fsp3) is 1.00. The molecule has 0 bridgehead atoms. The largest absolute Gasteiger partial charge is 0.310 e. The Bertz CT molecular complexity index is 225. The first kappa shape index (κ1) is 17.0. The number of likely N-dealkylation sites (N-methyl/N-ethyl adjacent to an activating group) is 1. The summed E-state index contributed by atoms with van der Waals surface area (Å²) in [5.74, 6) is 2.56. The summed E-state index contributed by atoms with van der Waals surface area (Å²) in [4.78, 5) is 2.32. The maximum atomic E-state index is 3.96. The summed E-state index contributed by atoms with van der Waals surface area (Å²) in [5.41, 5.74) is 0. The molecule has 1 rings (SSSR count). The van der Waals surface area contributed by atoms with Crippen molar-refractivity contribution in [3.63, 3.8) is 0 Å². The van der Waals surface area contributed by atoms with E-state index in [2.05, 4.69) is 52.0 Å². The highest BCUT2D eigenvalue weighted by Crippen LogP contribution is 2.30. The van der Waals surface area contributed by atoms with E-state index in [4.69, 9.17) is 0 Å². The molecule has 1 N–H and O–H groups in total. The summed E-state index contributed by atoms with van der Waals surface area (Å²) in [7, 11) is 4.37. The molecule has 1 aliphatic carbocycles. The Morgan fingerprint density at radius 2 is 1.79 bits per heavy atom. The number of hydrogen-bond acceptors (Lipinski definition) is 2. The van der Waals surface area contributed by atoms with Gasteiger partial charge in [0.25, 0.3) is 0 Å². The fourth-order valence-electron chi connectivity index (χ4n) is 3.52. The van der Waals surface area contributed by atoms with Crippen LogP contribution in [0.2, 0.25) is 0 Å². The van der Waals surface area contributed by atoms with Crippen LogP contribution >= 0.6 is 0 Å². The lowest BCUT2D eigenvalue weighted by Gasteiger charge is -2.36. The van der Waals surface area contributed by atoms with Crippen LogP contribution in [-0.4, -0.2) is 37.6 Å². The van der Waals surface area contributed by atoms with Crippen LogP contribution in [0.1, 0.15) is 59.8 Å². The molecule has 3 atom stereocenters. The van der Waals surface area contributed by atoms with Crippen molar-refractivity contribution in [3.05, 3.63) is 0 Å². The van der Waals surface area contributed by atoms with E-state index in [1.165, 1.54) is 38.6 Å². The molecule has 0 saturated heterocycles. The number of hydrogen-bond donors (Lipinski definition) is 1. The molecule has 0 aliphatic heterocycles. The third-order valence-corrected chi connectivity index (χ3v) is 4.47. The van der Waals surface area contributed by atoms with E-state index >= 15 is 0 Å². The summed E-state index contributed by atoms with van der Waals surface area (Å²) >= 11 is 0. The van der Waals surface area contributed by atoms with Crippen molar-refractivity contribution in [2.75, 3.05) is 20.6 Å². The van der Waals surface area contributed by atoms with Gasteiger partial charge in [-0.15, -0.1) is 0 Å². The van der Waals surface area contributed by atoms with E-state index < -0.39 is 0 Å². The van der Waals surface area contributed by atoms with Crippen LogP contribution in [0.15, 0.2) is 0 Å². The lowest BCUT2D eigenvalue weighted by atomic mass is 9.79. The predicted octanol–water partition coefficient (Wildman–Crippen LogP) is 3.77. The molecule has 0 aromatic carbocycles. The molecule has 1 fully saturated rings. The molecule has 1 aliphatic rings. The van der Waals surface area contributed by atoms with Crippen molar-refractivity contribution >= 4 is 0 Å². The Kier molecular flexibility index (Phi) is 7.38. The van der Waals surface area contributed by atoms with Crippen molar-refractivity contribution in [2.45, 2.75) is 71.9 Å². The first-order valence-corrected chi connectivity index (χ1v) is 8.29. The molecule has 0 aromatic rings.